The van der Waals surface area contributed by atoms with Crippen molar-refractivity contribution in [1.82, 2.24) is 0 Å². The normalized spacial score (nSPS) is 14.1. The second-order valence-corrected chi connectivity index (χ2v) is 9.98. The third-order valence-electron chi connectivity index (χ3n) is 5.17. The van der Waals surface area contributed by atoms with Crippen LogP contribution in [0.5, 0.6) is 0 Å². The monoisotopic (exact) mass is 499 g/mol. The zero-order chi connectivity index (χ0) is 25.3. The molecule has 10 heteroatoms. The number of rotatable bonds is 7. The zero-order valence-electron chi connectivity index (χ0n) is 18.2. The van der Waals surface area contributed by atoms with E-state index in [9.17, 15) is 35.5 Å². The van der Waals surface area contributed by atoms with Gasteiger partial charge in [-0.25, -0.2) is 17.2 Å². The predicted molar refractivity (Wildman–Crippen MR) is 118 cm³/mol. The van der Waals surface area contributed by atoms with Crippen molar-refractivity contribution < 1.29 is 35.5 Å². The molecule has 0 bridgehead atoms. The van der Waals surface area contributed by atoms with E-state index >= 15 is 0 Å². The number of sulfonamides is 1. The highest BCUT2D eigenvalue weighted by Gasteiger charge is 2.57. The van der Waals surface area contributed by atoms with Crippen molar-refractivity contribution in [1.29, 1.82) is 0 Å². The highest BCUT2D eigenvalue weighted by Crippen LogP contribution is 2.45. The van der Waals surface area contributed by atoms with Crippen LogP contribution in [0.25, 0.3) is 0 Å². The lowest BCUT2D eigenvalue weighted by atomic mass is 9.85. The van der Waals surface area contributed by atoms with Gasteiger partial charge in [0.2, 0.25) is 5.60 Å². The average molecular weight is 500 g/mol. The fraction of sp³-hybridized carbons (Fsp3) is 0.250. The van der Waals surface area contributed by atoms with Crippen molar-refractivity contribution in [2.45, 2.75) is 30.5 Å². The van der Waals surface area contributed by atoms with Crippen molar-refractivity contribution in [3.8, 4) is 0 Å². The van der Waals surface area contributed by atoms with Crippen LogP contribution in [-0.4, -0.2) is 26.2 Å². The van der Waals surface area contributed by atoms with Crippen LogP contribution in [0.2, 0.25) is 0 Å². The minimum atomic E-state index is -5.36. The summed E-state index contributed by atoms with van der Waals surface area (Å²) in [7, 11) is -4.04. The predicted octanol–water partition coefficient (Wildman–Crippen LogP) is 5.61. The van der Waals surface area contributed by atoms with Crippen LogP contribution in [0.1, 0.15) is 25.0 Å². The first-order valence-electron chi connectivity index (χ1n) is 10.2. The summed E-state index contributed by atoms with van der Waals surface area (Å²) in [6.07, 6.45) is -5.36. The Balaban J connectivity index is 2.12. The molecule has 0 radical (unpaired) electrons. The summed E-state index contributed by atoms with van der Waals surface area (Å²) >= 11 is 0. The molecule has 0 saturated heterocycles. The molecule has 0 aromatic heterocycles. The van der Waals surface area contributed by atoms with Gasteiger partial charge in [-0.2, -0.15) is 13.2 Å². The molecular weight excluding hydrogens is 477 g/mol. The van der Waals surface area contributed by atoms with Gasteiger partial charge in [0.25, 0.3) is 10.0 Å². The van der Waals surface area contributed by atoms with E-state index in [0.29, 0.717) is 12.1 Å². The fourth-order valence-corrected chi connectivity index (χ4v) is 5.17. The molecule has 3 aromatic rings. The average Bonchev–Trinajstić information content (AvgIpc) is 2.77. The van der Waals surface area contributed by atoms with Crippen molar-refractivity contribution >= 4 is 15.7 Å². The first kappa shape index (κ1) is 25.6. The molecular formula is C24H22F5NO3S. The molecule has 1 N–H and O–H groups in total. The highest BCUT2D eigenvalue weighted by molar-refractivity contribution is 7.92. The van der Waals surface area contributed by atoms with Crippen LogP contribution in [0.3, 0.4) is 0 Å². The van der Waals surface area contributed by atoms with Gasteiger partial charge in [0, 0.05) is 18.2 Å². The van der Waals surface area contributed by atoms with Crippen LogP contribution in [0.15, 0.2) is 77.7 Å². The Labute approximate surface area is 194 Å². The number of hydrogen-bond acceptors (Lipinski definition) is 3. The molecule has 0 saturated carbocycles. The molecule has 0 aliphatic rings. The largest absolute Gasteiger partial charge is 0.425 e. The lowest BCUT2D eigenvalue weighted by Gasteiger charge is -2.32. The maximum Gasteiger partial charge on any atom is 0.425 e. The Hall–Kier alpha value is -2.98. The first-order chi connectivity index (χ1) is 15.8. The molecule has 0 amide bonds. The minimum Gasteiger partial charge on any atom is -0.372 e. The topological polar surface area (TPSA) is 57.6 Å². The van der Waals surface area contributed by atoms with E-state index in [1.807, 2.05) is 0 Å². The molecule has 182 valence electrons. The van der Waals surface area contributed by atoms with Crippen molar-refractivity contribution in [3.63, 3.8) is 0 Å². The summed E-state index contributed by atoms with van der Waals surface area (Å²) < 4.78 is 97.0. The van der Waals surface area contributed by atoms with Gasteiger partial charge in [-0.15, -0.1) is 0 Å². The molecule has 1 unspecified atom stereocenters. The maximum absolute atomic E-state index is 14.3. The SMILES string of the molecule is CC(C)CN(c1ccc(C(O)(c2ccc(F)cc2F)C(F)(F)F)cc1)S(=O)(=O)c1ccccc1. The lowest BCUT2D eigenvalue weighted by molar-refractivity contribution is -0.249. The van der Waals surface area contributed by atoms with Gasteiger partial charge in [-0.1, -0.05) is 44.2 Å². The number of nitrogens with zero attached hydrogens (tertiary/aromatic N) is 1. The van der Waals surface area contributed by atoms with Gasteiger partial charge in [0.05, 0.1) is 10.6 Å². The van der Waals surface area contributed by atoms with Gasteiger partial charge in [0.15, 0.2) is 0 Å². The van der Waals surface area contributed by atoms with Crippen LogP contribution < -0.4 is 4.31 Å². The molecule has 0 aliphatic heterocycles. The Bertz CT molecular complexity index is 1250. The van der Waals surface area contributed by atoms with Crippen molar-refractivity contribution in [2.75, 3.05) is 10.8 Å². The Kier molecular flexibility index (Phi) is 7.05. The molecule has 0 heterocycles. The van der Waals surface area contributed by atoms with Gasteiger partial charge >= 0.3 is 6.18 Å². The van der Waals surface area contributed by atoms with Crippen LogP contribution >= 0.6 is 0 Å². The van der Waals surface area contributed by atoms with Crippen LogP contribution in [0, 0.1) is 17.6 Å². The molecule has 1 atom stereocenters. The third kappa shape index (κ3) is 4.78. The highest BCUT2D eigenvalue weighted by atomic mass is 32.2. The van der Waals surface area contributed by atoms with E-state index in [2.05, 4.69) is 0 Å². The number of benzene rings is 3. The molecule has 3 aromatic carbocycles. The smallest absolute Gasteiger partial charge is 0.372 e. The number of alkyl halides is 3. The van der Waals surface area contributed by atoms with Crippen LogP contribution in [0.4, 0.5) is 27.6 Å². The second-order valence-electron chi connectivity index (χ2n) is 8.12. The van der Waals surface area contributed by atoms with E-state index in [1.165, 1.54) is 12.1 Å². The fourth-order valence-electron chi connectivity index (χ4n) is 3.52. The molecule has 0 aliphatic carbocycles. The molecule has 3 rings (SSSR count). The van der Waals surface area contributed by atoms with E-state index in [1.54, 1.807) is 32.0 Å². The van der Waals surface area contributed by atoms with Gasteiger partial charge < -0.3 is 5.11 Å². The lowest BCUT2D eigenvalue weighted by Crippen LogP contribution is -2.44. The van der Waals surface area contributed by atoms with E-state index in [-0.39, 0.29) is 29.1 Å². The summed E-state index contributed by atoms with van der Waals surface area (Å²) in [4.78, 5) is -0.0000867. The summed E-state index contributed by atoms with van der Waals surface area (Å²) in [6.45, 7) is 3.59. The number of halogens is 5. The third-order valence-corrected chi connectivity index (χ3v) is 6.97. The quantitative estimate of drug-likeness (QED) is 0.430. The van der Waals surface area contributed by atoms with E-state index < -0.39 is 44.6 Å². The number of anilines is 1. The second kappa shape index (κ2) is 9.34. The molecule has 0 fully saturated rings. The minimum absolute atomic E-state index is 0.0000867. The van der Waals surface area contributed by atoms with Crippen LogP contribution in [-0.2, 0) is 15.6 Å². The Morgan fingerprint density at radius 2 is 1.50 bits per heavy atom. The Morgan fingerprint density at radius 3 is 2.00 bits per heavy atom. The molecule has 4 nitrogen and oxygen atoms in total. The molecule has 0 spiro atoms. The van der Waals surface area contributed by atoms with E-state index in [0.717, 1.165) is 28.6 Å². The summed E-state index contributed by atoms with van der Waals surface area (Å²) in [5.41, 5.74) is -5.66. The zero-order valence-corrected chi connectivity index (χ0v) is 19.0. The van der Waals surface area contributed by atoms with Gasteiger partial charge in [-0.3, -0.25) is 4.31 Å². The van der Waals surface area contributed by atoms with Gasteiger partial charge in [0.1, 0.15) is 11.6 Å². The number of aliphatic hydroxyl groups is 1. The summed E-state index contributed by atoms with van der Waals surface area (Å²) in [5.74, 6) is -2.80. The number of hydrogen-bond donors (Lipinski definition) is 1. The van der Waals surface area contributed by atoms with E-state index in [4.69, 9.17) is 0 Å². The van der Waals surface area contributed by atoms with Crippen molar-refractivity contribution in [3.05, 3.63) is 95.6 Å². The first-order valence-corrected chi connectivity index (χ1v) is 11.7. The summed E-state index contributed by atoms with van der Waals surface area (Å²) in [6, 6.07) is 12.9. The van der Waals surface area contributed by atoms with Gasteiger partial charge in [-0.05, 0) is 47.9 Å². The Morgan fingerprint density at radius 1 is 0.912 bits per heavy atom. The van der Waals surface area contributed by atoms with Crippen molar-refractivity contribution in [2.24, 2.45) is 5.92 Å². The maximum atomic E-state index is 14.3. The summed E-state index contributed by atoms with van der Waals surface area (Å²) in [5, 5.41) is 10.7. The standard InChI is InChI=1S/C24H22F5NO3S/c1-16(2)15-30(34(32,33)20-6-4-3-5-7-20)19-11-8-17(9-12-19)23(31,24(27,28)29)21-13-10-18(25)14-22(21)26/h3-14,16,31H,15H2,1-2H3. The molecule has 34 heavy (non-hydrogen) atoms.